The molecule has 0 unspecified atom stereocenters. The van der Waals surface area contributed by atoms with Crippen LogP contribution in [0.2, 0.25) is 0 Å². The number of anilines is 2. The third-order valence-electron chi connectivity index (χ3n) is 6.42. The summed E-state index contributed by atoms with van der Waals surface area (Å²) >= 11 is 0. The first-order valence-electron chi connectivity index (χ1n) is 11.0. The molecule has 1 aromatic carbocycles. The van der Waals surface area contributed by atoms with Crippen molar-refractivity contribution < 1.29 is 19.8 Å². The van der Waals surface area contributed by atoms with Crippen LogP contribution in [0.5, 0.6) is 0 Å². The molecule has 0 radical (unpaired) electrons. The molecule has 0 spiro atoms. The van der Waals surface area contributed by atoms with Crippen LogP contribution >= 0.6 is 0 Å². The number of carbonyl (C=O) groups excluding carboxylic acids is 1. The SMILES string of the molecule is Cc1cccc(C(=O)Nc2cc3cn([C@H]4CC[C@@](O)(CC#N)CC4)nc3cc2N(C)C)[n+]1O. The van der Waals surface area contributed by atoms with E-state index in [-0.39, 0.29) is 18.2 Å². The van der Waals surface area contributed by atoms with E-state index in [4.69, 9.17) is 10.4 Å². The van der Waals surface area contributed by atoms with Gasteiger partial charge in [0.15, 0.2) is 0 Å². The van der Waals surface area contributed by atoms with Gasteiger partial charge in [-0.15, -0.1) is 0 Å². The highest BCUT2D eigenvalue weighted by Gasteiger charge is 2.34. The van der Waals surface area contributed by atoms with Crippen LogP contribution in [0.1, 0.15) is 54.3 Å². The van der Waals surface area contributed by atoms with Gasteiger partial charge in [-0.3, -0.25) is 14.7 Å². The lowest BCUT2D eigenvalue weighted by Gasteiger charge is -2.34. The number of carbonyl (C=O) groups is 1. The van der Waals surface area contributed by atoms with Gasteiger partial charge >= 0.3 is 11.6 Å². The summed E-state index contributed by atoms with van der Waals surface area (Å²) < 4.78 is 2.81. The minimum atomic E-state index is -0.896. The zero-order chi connectivity index (χ0) is 23.8. The normalized spacial score (nSPS) is 20.4. The molecule has 3 aromatic rings. The maximum Gasteiger partial charge on any atom is 0.325 e. The lowest BCUT2D eigenvalue weighted by molar-refractivity contribution is -0.909. The monoisotopic (exact) mass is 449 g/mol. The number of amides is 1. The number of rotatable bonds is 5. The predicted molar refractivity (Wildman–Crippen MR) is 123 cm³/mol. The minimum Gasteiger partial charge on any atom is -0.389 e. The lowest BCUT2D eigenvalue weighted by atomic mass is 9.80. The molecule has 1 amide bonds. The van der Waals surface area contributed by atoms with E-state index in [1.165, 1.54) is 0 Å². The topological polar surface area (TPSA) is 118 Å². The van der Waals surface area contributed by atoms with Gasteiger partial charge in [0, 0.05) is 49.5 Å². The van der Waals surface area contributed by atoms with Crippen molar-refractivity contribution in [2.45, 2.75) is 50.7 Å². The highest BCUT2D eigenvalue weighted by molar-refractivity contribution is 6.05. The highest BCUT2D eigenvalue weighted by atomic mass is 16.5. The Kier molecular flexibility index (Phi) is 5.95. The largest absolute Gasteiger partial charge is 0.389 e. The molecule has 2 heterocycles. The Hall–Kier alpha value is -3.64. The van der Waals surface area contributed by atoms with Crippen molar-refractivity contribution in [2.75, 3.05) is 24.3 Å². The number of nitrogens with zero attached hydrogens (tertiary/aromatic N) is 5. The van der Waals surface area contributed by atoms with E-state index in [1.807, 2.05) is 42.0 Å². The van der Waals surface area contributed by atoms with Gasteiger partial charge in [-0.25, -0.2) is 0 Å². The van der Waals surface area contributed by atoms with Crippen molar-refractivity contribution in [3.8, 4) is 6.07 Å². The summed E-state index contributed by atoms with van der Waals surface area (Å²) in [6, 6.07) is 11.0. The average Bonchev–Trinajstić information content (AvgIpc) is 3.18. The maximum atomic E-state index is 12.9. The summed E-state index contributed by atoms with van der Waals surface area (Å²) in [5.74, 6) is -0.417. The number of hydrogen-bond donors (Lipinski definition) is 3. The Morgan fingerprint density at radius 3 is 2.76 bits per heavy atom. The quantitative estimate of drug-likeness (QED) is 0.407. The lowest BCUT2D eigenvalue weighted by Crippen LogP contribution is -2.42. The molecule has 1 aliphatic rings. The smallest absolute Gasteiger partial charge is 0.325 e. The molecule has 1 fully saturated rings. The molecule has 1 aliphatic carbocycles. The first-order valence-corrected chi connectivity index (χ1v) is 11.0. The van der Waals surface area contributed by atoms with E-state index in [0.717, 1.165) is 34.2 Å². The highest BCUT2D eigenvalue weighted by Crippen LogP contribution is 2.38. The molecule has 1 saturated carbocycles. The molecule has 3 N–H and O–H groups in total. The number of pyridine rings is 1. The molecule has 9 heteroatoms. The van der Waals surface area contributed by atoms with Crippen LogP contribution in [0.15, 0.2) is 36.5 Å². The second-order valence-corrected chi connectivity index (χ2v) is 9.04. The first kappa shape index (κ1) is 22.6. The first-order chi connectivity index (χ1) is 15.7. The van der Waals surface area contributed by atoms with Crippen LogP contribution in [0.25, 0.3) is 10.9 Å². The third kappa shape index (κ3) is 4.47. The number of aliphatic hydroxyl groups is 1. The van der Waals surface area contributed by atoms with Crippen LogP contribution in [0.4, 0.5) is 11.4 Å². The van der Waals surface area contributed by atoms with Gasteiger partial charge in [-0.1, -0.05) is 0 Å². The number of aromatic nitrogens is 3. The number of nitriles is 1. The standard InChI is InChI=1S/C24H28N6O3/c1-16-5-4-6-21(30(16)33)23(31)26-20-13-17-15-29(27-19(17)14-22(20)28(2)3)18-7-9-24(32,10-8-18)11-12-25/h4-6,13-15,18,32H,7-11H2,1-3H3,(H-,26,31,33)/p+1/t18-,24-. The van der Waals surface area contributed by atoms with Crippen molar-refractivity contribution >= 4 is 28.2 Å². The van der Waals surface area contributed by atoms with Gasteiger partial charge in [0.25, 0.3) is 0 Å². The molecule has 2 aromatic heterocycles. The van der Waals surface area contributed by atoms with Gasteiger partial charge in [0.1, 0.15) is 0 Å². The molecular formula is C24H29N6O3+. The summed E-state index contributed by atoms with van der Waals surface area (Å²) in [6.45, 7) is 1.72. The van der Waals surface area contributed by atoms with E-state index < -0.39 is 11.5 Å². The van der Waals surface area contributed by atoms with Crippen molar-refractivity contribution in [2.24, 2.45) is 0 Å². The molecule has 0 atom stereocenters. The van der Waals surface area contributed by atoms with E-state index in [0.29, 0.717) is 24.2 Å². The molecule has 0 saturated heterocycles. The van der Waals surface area contributed by atoms with Gasteiger partial charge in [-0.2, -0.15) is 10.4 Å². The fourth-order valence-electron chi connectivity index (χ4n) is 4.43. The number of nitrogens with one attached hydrogen (secondary N) is 1. The number of aryl methyl sites for hydroxylation is 1. The molecule has 33 heavy (non-hydrogen) atoms. The fraction of sp³-hybridized carbons (Fsp3) is 0.417. The van der Waals surface area contributed by atoms with Crippen LogP contribution in [0.3, 0.4) is 0 Å². The molecule has 4 rings (SSSR count). The zero-order valence-electron chi connectivity index (χ0n) is 19.1. The number of benzene rings is 1. The second kappa shape index (κ2) is 8.71. The Bertz CT molecular complexity index is 1230. The van der Waals surface area contributed by atoms with Crippen molar-refractivity contribution in [3.63, 3.8) is 0 Å². The van der Waals surface area contributed by atoms with Crippen LogP contribution in [-0.2, 0) is 0 Å². The Labute approximate surface area is 192 Å². The third-order valence-corrected chi connectivity index (χ3v) is 6.42. The number of fused-ring (bicyclic) bond motifs is 1. The molecular weight excluding hydrogens is 420 g/mol. The Morgan fingerprint density at radius 1 is 1.36 bits per heavy atom. The average molecular weight is 450 g/mol. The number of hydrogen-bond acceptors (Lipinski definition) is 6. The fourth-order valence-corrected chi connectivity index (χ4v) is 4.43. The van der Waals surface area contributed by atoms with Crippen molar-refractivity contribution in [3.05, 3.63) is 47.9 Å². The van der Waals surface area contributed by atoms with E-state index in [1.54, 1.807) is 25.1 Å². The summed E-state index contributed by atoms with van der Waals surface area (Å²) in [7, 11) is 3.79. The van der Waals surface area contributed by atoms with Crippen molar-refractivity contribution in [1.82, 2.24) is 9.78 Å². The second-order valence-electron chi connectivity index (χ2n) is 9.04. The zero-order valence-corrected chi connectivity index (χ0v) is 19.1. The van der Waals surface area contributed by atoms with Gasteiger partial charge < -0.3 is 15.3 Å². The maximum absolute atomic E-state index is 12.9. The van der Waals surface area contributed by atoms with E-state index in [9.17, 15) is 15.1 Å². The molecule has 172 valence electrons. The van der Waals surface area contributed by atoms with Crippen molar-refractivity contribution in [1.29, 1.82) is 5.26 Å². The van der Waals surface area contributed by atoms with E-state index >= 15 is 0 Å². The summed E-state index contributed by atoms with van der Waals surface area (Å²) in [5, 5.41) is 38.2. The van der Waals surface area contributed by atoms with Gasteiger partial charge in [0.05, 0.1) is 41.0 Å². The molecule has 0 aliphatic heterocycles. The van der Waals surface area contributed by atoms with Crippen LogP contribution < -0.4 is 14.9 Å². The summed E-state index contributed by atoms with van der Waals surface area (Å²) in [6.07, 6.45) is 4.76. The summed E-state index contributed by atoms with van der Waals surface area (Å²) in [5.41, 5.74) is 2.02. The minimum absolute atomic E-state index is 0.141. The Balaban J connectivity index is 1.62. The van der Waals surface area contributed by atoms with E-state index in [2.05, 4.69) is 11.4 Å². The molecule has 0 bridgehead atoms. The van der Waals surface area contributed by atoms with Gasteiger partial charge in [-0.05, 0) is 43.9 Å². The predicted octanol–water partition coefficient (Wildman–Crippen LogP) is 2.95. The van der Waals surface area contributed by atoms with Gasteiger partial charge in [0.2, 0.25) is 5.69 Å². The molecule has 9 nitrogen and oxygen atoms in total. The Morgan fingerprint density at radius 2 is 2.09 bits per heavy atom. The van der Waals surface area contributed by atoms with Crippen LogP contribution in [0, 0.1) is 18.3 Å². The van der Waals surface area contributed by atoms with Crippen LogP contribution in [-0.4, -0.2) is 45.7 Å². The summed E-state index contributed by atoms with van der Waals surface area (Å²) in [4.78, 5) is 14.8.